The van der Waals surface area contributed by atoms with Crippen molar-refractivity contribution in [1.82, 2.24) is 0 Å². The first-order chi connectivity index (χ1) is 9.88. The van der Waals surface area contributed by atoms with Crippen molar-refractivity contribution in [2.75, 3.05) is 5.32 Å². The Morgan fingerprint density at radius 2 is 2.19 bits per heavy atom. The molecule has 0 aromatic heterocycles. The Bertz CT molecular complexity index is 576. The zero-order chi connectivity index (χ0) is 15.6. The van der Waals surface area contributed by atoms with E-state index in [4.69, 9.17) is 16.7 Å². The van der Waals surface area contributed by atoms with Crippen LogP contribution in [0.1, 0.15) is 31.2 Å². The van der Waals surface area contributed by atoms with Gasteiger partial charge in [-0.2, -0.15) is 0 Å². The van der Waals surface area contributed by atoms with Gasteiger partial charge in [0.25, 0.3) is 5.69 Å². The lowest BCUT2D eigenvalue weighted by atomic mass is 9.85. The van der Waals surface area contributed by atoms with Crippen LogP contribution in [0.3, 0.4) is 0 Å². The summed E-state index contributed by atoms with van der Waals surface area (Å²) in [7, 11) is 0. The lowest BCUT2D eigenvalue weighted by Gasteiger charge is -2.28. The van der Waals surface area contributed by atoms with Crippen LogP contribution in [-0.2, 0) is 4.79 Å². The number of nitro benzene ring substituents is 1. The molecule has 1 aliphatic rings. The SMILES string of the molecule is Cc1cc([N+](=O)[O-])c(Cl)cc1NC1CCCC(C(=O)O)C1. The number of nitro groups is 1. The van der Waals surface area contributed by atoms with Gasteiger partial charge < -0.3 is 10.4 Å². The highest BCUT2D eigenvalue weighted by atomic mass is 35.5. The predicted octanol–water partition coefficient (Wildman–Crippen LogP) is 3.61. The highest BCUT2D eigenvalue weighted by Crippen LogP contribution is 2.33. The molecule has 0 aliphatic heterocycles. The van der Waals surface area contributed by atoms with Gasteiger partial charge in [0.2, 0.25) is 0 Å². The zero-order valence-electron chi connectivity index (χ0n) is 11.6. The van der Waals surface area contributed by atoms with Crippen molar-refractivity contribution in [2.24, 2.45) is 5.92 Å². The van der Waals surface area contributed by atoms with Gasteiger partial charge in [-0.05, 0) is 37.8 Å². The fourth-order valence-electron chi connectivity index (χ4n) is 2.73. The number of carboxylic acid groups (broad SMARTS) is 1. The second-order valence-corrected chi connectivity index (χ2v) is 5.83. The molecule has 2 rings (SSSR count). The van der Waals surface area contributed by atoms with Crippen molar-refractivity contribution in [3.8, 4) is 0 Å². The van der Waals surface area contributed by atoms with Gasteiger partial charge in [0.05, 0.1) is 10.8 Å². The Balaban J connectivity index is 2.14. The molecular weight excluding hydrogens is 296 g/mol. The molecule has 1 aliphatic carbocycles. The van der Waals surface area contributed by atoms with Crippen LogP contribution in [0.4, 0.5) is 11.4 Å². The number of halogens is 1. The summed E-state index contributed by atoms with van der Waals surface area (Å²) >= 11 is 5.92. The number of anilines is 1. The Kier molecular flexibility index (Phi) is 4.67. The fraction of sp³-hybridized carbons (Fsp3) is 0.500. The topological polar surface area (TPSA) is 92.5 Å². The van der Waals surface area contributed by atoms with E-state index in [0.29, 0.717) is 12.8 Å². The second kappa shape index (κ2) is 6.30. The van der Waals surface area contributed by atoms with Gasteiger partial charge in [0.1, 0.15) is 5.02 Å². The Labute approximate surface area is 127 Å². The van der Waals surface area contributed by atoms with Crippen LogP contribution in [0.25, 0.3) is 0 Å². The number of carbonyl (C=O) groups is 1. The summed E-state index contributed by atoms with van der Waals surface area (Å²) in [5.41, 5.74) is 1.33. The summed E-state index contributed by atoms with van der Waals surface area (Å²) in [5, 5.41) is 23.3. The van der Waals surface area contributed by atoms with Crippen molar-refractivity contribution < 1.29 is 14.8 Å². The molecule has 21 heavy (non-hydrogen) atoms. The molecule has 2 N–H and O–H groups in total. The number of benzene rings is 1. The van der Waals surface area contributed by atoms with E-state index >= 15 is 0 Å². The fourth-order valence-corrected chi connectivity index (χ4v) is 2.96. The van der Waals surface area contributed by atoms with Gasteiger partial charge in [0.15, 0.2) is 0 Å². The van der Waals surface area contributed by atoms with E-state index in [1.807, 2.05) is 0 Å². The van der Waals surface area contributed by atoms with Crippen LogP contribution >= 0.6 is 11.6 Å². The number of hydrogen-bond donors (Lipinski definition) is 2. The number of nitrogens with zero attached hydrogens (tertiary/aromatic N) is 1. The monoisotopic (exact) mass is 312 g/mol. The van der Waals surface area contributed by atoms with E-state index in [-0.39, 0.29) is 22.7 Å². The van der Waals surface area contributed by atoms with Crippen LogP contribution in [0.2, 0.25) is 5.02 Å². The summed E-state index contributed by atoms with van der Waals surface area (Å²) < 4.78 is 0. The molecular formula is C14H17ClN2O4. The van der Waals surface area contributed by atoms with Gasteiger partial charge >= 0.3 is 5.97 Å². The van der Waals surface area contributed by atoms with E-state index in [1.165, 1.54) is 6.07 Å². The van der Waals surface area contributed by atoms with Crippen LogP contribution in [-0.4, -0.2) is 22.0 Å². The summed E-state index contributed by atoms with van der Waals surface area (Å²) in [4.78, 5) is 21.4. The van der Waals surface area contributed by atoms with E-state index in [2.05, 4.69) is 5.32 Å². The van der Waals surface area contributed by atoms with E-state index in [0.717, 1.165) is 24.1 Å². The van der Waals surface area contributed by atoms with Gasteiger partial charge in [-0.15, -0.1) is 0 Å². The number of hydrogen-bond acceptors (Lipinski definition) is 4. The quantitative estimate of drug-likeness (QED) is 0.654. The summed E-state index contributed by atoms with van der Waals surface area (Å²) in [6.07, 6.45) is 3.00. The molecule has 0 spiro atoms. The maximum absolute atomic E-state index is 11.1. The van der Waals surface area contributed by atoms with Crippen LogP contribution < -0.4 is 5.32 Å². The normalized spacial score (nSPS) is 21.8. The lowest BCUT2D eigenvalue weighted by Crippen LogP contribution is -2.31. The first kappa shape index (κ1) is 15.6. The predicted molar refractivity (Wildman–Crippen MR) is 79.8 cm³/mol. The molecule has 114 valence electrons. The summed E-state index contributed by atoms with van der Waals surface area (Å²) in [6.45, 7) is 1.77. The highest BCUT2D eigenvalue weighted by Gasteiger charge is 2.27. The standard InChI is InChI=1S/C14H17ClN2O4/c1-8-5-13(17(20)21)11(15)7-12(8)16-10-4-2-3-9(6-10)14(18)19/h5,7,9-10,16H,2-4,6H2,1H3,(H,18,19). The van der Waals surface area contributed by atoms with Crippen molar-refractivity contribution in [3.05, 3.63) is 32.8 Å². The Morgan fingerprint density at radius 3 is 2.81 bits per heavy atom. The molecule has 1 aromatic carbocycles. The molecule has 1 saturated carbocycles. The smallest absolute Gasteiger partial charge is 0.306 e. The molecule has 2 atom stereocenters. The third-order valence-electron chi connectivity index (χ3n) is 3.87. The van der Waals surface area contributed by atoms with Crippen molar-refractivity contribution in [2.45, 2.75) is 38.6 Å². The molecule has 1 aromatic rings. The molecule has 2 unspecified atom stereocenters. The average Bonchev–Trinajstić information content (AvgIpc) is 2.42. The molecule has 7 heteroatoms. The molecule has 0 heterocycles. The lowest BCUT2D eigenvalue weighted by molar-refractivity contribution is -0.384. The van der Waals surface area contributed by atoms with Crippen molar-refractivity contribution in [1.29, 1.82) is 0 Å². The van der Waals surface area contributed by atoms with Gasteiger partial charge in [0, 0.05) is 17.8 Å². The second-order valence-electron chi connectivity index (χ2n) is 5.42. The minimum Gasteiger partial charge on any atom is -0.481 e. The summed E-state index contributed by atoms with van der Waals surface area (Å²) in [6, 6.07) is 3.03. The molecule has 1 fully saturated rings. The molecule has 0 saturated heterocycles. The largest absolute Gasteiger partial charge is 0.481 e. The first-order valence-corrected chi connectivity index (χ1v) is 7.20. The van der Waals surface area contributed by atoms with E-state index < -0.39 is 10.9 Å². The number of aliphatic carboxylic acids is 1. The van der Waals surface area contributed by atoms with Crippen molar-refractivity contribution >= 4 is 28.9 Å². The van der Waals surface area contributed by atoms with Crippen molar-refractivity contribution in [3.63, 3.8) is 0 Å². The van der Waals surface area contributed by atoms with Gasteiger partial charge in [-0.25, -0.2) is 0 Å². The van der Waals surface area contributed by atoms with Gasteiger partial charge in [-0.1, -0.05) is 18.0 Å². The minimum atomic E-state index is -0.764. The van der Waals surface area contributed by atoms with E-state index in [1.54, 1.807) is 13.0 Å². The van der Waals surface area contributed by atoms with Crippen LogP contribution in [0, 0.1) is 23.0 Å². The first-order valence-electron chi connectivity index (χ1n) is 6.82. The Morgan fingerprint density at radius 1 is 1.48 bits per heavy atom. The maximum Gasteiger partial charge on any atom is 0.306 e. The van der Waals surface area contributed by atoms with Crippen LogP contribution in [0.15, 0.2) is 12.1 Å². The third-order valence-corrected chi connectivity index (χ3v) is 4.18. The number of nitrogens with one attached hydrogen (secondary N) is 1. The number of carboxylic acids is 1. The number of aryl methyl sites for hydroxylation is 1. The van der Waals surface area contributed by atoms with Gasteiger partial charge in [-0.3, -0.25) is 14.9 Å². The molecule has 0 radical (unpaired) electrons. The average molecular weight is 313 g/mol. The Hall–Kier alpha value is -1.82. The zero-order valence-corrected chi connectivity index (χ0v) is 12.4. The van der Waals surface area contributed by atoms with E-state index in [9.17, 15) is 14.9 Å². The minimum absolute atomic E-state index is 0.0519. The van der Waals surface area contributed by atoms with Crippen LogP contribution in [0.5, 0.6) is 0 Å². The highest BCUT2D eigenvalue weighted by molar-refractivity contribution is 6.33. The maximum atomic E-state index is 11.1. The molecule has 0 bridgehead atoms. The molecule has 0 amide bonds. The summed E-state index contributed by atoms with van der Waals surface area (Å²) in [5.74, 6) is -1.09. The molecule has 6 nitrogen and oxygen atoms in total. The number of rotatable bonds is 4. The third kappa shape index (κ3) is 3.64.